The molecule has 0 saturated carbocycles. The molecule has 1 aromatic heterocycles. The van der Waals surface area contributed by atoms with Crippen LogP contribution >= 0.6 is 11.6 Å². The van der Waals surface area contributed by atoms with Gasteiger partial charge in [-0.3, -0.25) is 4.79 Å². The Kier molecular flexibility index (Phi) is 4.80. The zero-order valence-corrected chi connectivity index (χ0v) is 12.7. The van der Waals surface area contributed by atoms with Crippen molar-refractivity contribution in [2.75, 3.05) is 7.11 Å². The lowest BCUT2D eigenvalue weighted by Crippen LogP contribution is -2.35. The van der Waals surface area contributed by atoms with Gasteiger partial charge in [0.1, 0.15) is 0 Å². The molecule has 1 atom stereocenters. The molecule has 1 aromatic rings. The zero-order valence-electron chi connectivity index (χ0n) is 12.0. The number of nitrogens with zero attached hydrogens (tertiary/aromatic N) is 1. The van der Waals surface area contributed by atoms with Crippen molar-refractivity contribution < 1.29 is 14.6 Å². The van der Waals surface area contributed by atoms with Crippen LogP contribution in [-0.4, -0.2) is 23.2 Å². The summed E-state index contributed by atoms with van der Waals surface area (Å²) in [5, 5.41) is 9.76. The average Bonchev–Trinajstić information content (AvgIpc) is 2.31. The quantitative estimate of drug-likeness (QED) is 0.843. The summed E-state index contributed by atoms with van der Waals surface area (Å²) in [6.45, 7) is 7.39. The second kappa shape index (κ2) is 5.78. The van der Waals surface area contributed by atoms with Crippen LogP contribution in [0.2, 0.25) is 5.15 Å². The SMILES string of the molecule is COc1cc(CC(C)(C(=O)O)C(C)C)c(C)nc1Cl. The number of aliphatic carboxylic acids is 1. The highest BCUT2D eigenvalue weighted by atomic mass is 35.5. The molecule has 0 radical (unpaired) electrons. The van der Waals surface area contributed by atoms with Gasteiger partial charge in [0.2, 0.25) is 0 Å². The van der Waals surface area contributed by atoms with Crippen LogP contribution in [0.15, 0.2) is 6.07 Å². The number of halogens is 1. The first-order chi connectivity index (χ1) is 8.72. The van der Waals surface area contributed by atoms with Crippen molar-refractivity contribution >= 4 is 17.6 Å². The van der Waals surface area contributed by atoms with E-state index in [1.54, 1.807) is 13.0 Å². The van der Waals surface area contributed by atoms with Crippen molar-refractivity contribution in [1.82, 2.24) is 4.98 Å². The fourth-order valence-electron chi connectivity index (χ4n) is 1.84. The summed E-state index contributed by atoms with van der Waals surface area (Å²) in [6.07, 6.45) is 0.395. The first-order valence-electron chi connectivity index (χ1n) is 6.15. The van der Waals surface area contributed by atoms with E-state index in [-0.39, 0.29) is 5.92 Å². The van der Waals surface area contributed by atoms with Crippen molar-refractivity contribution in [3.05, 3.63) is 22.5 Å². The third kappa shape index (κ3) is 3.18. The second-order valence-corrected chi connectivity index (χ2v) is 5.64. The van der Waals surface area contributed by atoms with Gasteiger partial charge < -0.3 is 9.84 Å². The molecule has 5 heteroatoms. The Balaban J connectivity index is 3.21. The van der Waals surface area contributed by atoms with Crippen LogP contribution in [0.1, 0.15) is 32.0 Å². The second-order valence-electron chi connectivity index (χ2n) is 5.28. The van der Waals surface area contributed by atoms with Crippen molar-refractivity contribution in [1.29, 1.82) is 0 Å². The standard InChI is InChI=1S/C14H20ClNO3/c1-8(2)14(4,13(17)18)7-10-6-11(19-5)12(15)16-9(10)3/h6,8H,7H2,1-5H3,(H,17,18). The lowest BCUT2D eigenvalue weighted by Gasteiger charge is -2.29. The van der Waals surface area contributed by atoms with E-state index < -0.39 is 11.4 Å². The summed E-state index contributed by atoms with van der Waals surface area (Å²) >= 11 is 5.95. The topological polar surface area (TPSA) is 59.4 Å². The summed E-state index contributed by atoms with van der Waals surface area (Å²) in [5.41, 5.74) is 0.740. The van der Waals surface area contributed by atoms with Crippen LogP contribution in [0.3, 0.4) is 0 Å². The molecule has 1 unspecified atom stereocenters. The first kappa shape index (κ1) is 15.8. The van der Waals surface area contributed by atoms with Crippen molar-refractivity contribution in [2.24, 2.45) is 11.3 Å². The zero-order chi connectivity index (χ0) is 14.8. The number of carboxylic acids is 1. The molecule has 0 amide bonds. The number of carboxylic acid groups (broad SMARTS) is 1. The highest BCUT2D eigenvalue weighted by Crippen LogP contribution is 2.34. The minimum absolute atomic E-state index is 0.00562. The van der Waals surface area contributed by atoms with Gasteiger partial charge in [-0.05, 0) is 37.8 Å². The van der Waals surface area contributed by atoms with Gasteiger partial charge in [0, 0.05) is 5.69 Å². The normalized spacial score (nSPS) is 14.3. The van der Waals surface area contributed by atoms with E-state index in [0.717, 1.165) is 11.3 Å². The molecule has 1 N–H and O–H groups in total. The molecule has 0 aliphatic carbocycles. The molecular formula is C14H20ClNO3. The van der Waals surface area contributed by atoms with Crippen molar-refractivity contribution in [3.63, 3.8) is 0 Å². The minimum atomic E-state index is -0.842. The largest absolute Gasteiger partial charge is 0.494 e. The maximum absolute atomic E-state index is 11.5. The van der Waals surface area contributed by atoms with Gasteiger partial charge in [-0.2, -0.15) is 0 Å². The highest BCUT2D eigenvalue weighted by Gasteiger charge is 2.37. The molecule has 0 saturated heterocycles. The molecule has 0 bridgehead atoms. The predicted molar refractivity (Wildman–Crippen MR) is 74.8 cm³/mol. The van der Waals surface area contributed by atoms with Crippen molar-refractivity contribution in [3.8, 4) is 5.75 Å². The highest BCUT2D eigenvalue weighted by molar-refractivity contribution is 6.30. The van der Waals surface area contributed by atoms with E-state index in [2.05, 4.69) is 4.98 Å². The average molecular weight is 286 g/mol. The molecule has 1 heterocycles. The van der Waals surface area contributed by atoms with E-state index in [9.17, 15) is 9.90 Å². The summed E-state index contributed by atoms with van der Waals surface area (Å²) in [5.74, 6) is -0.333. The van der Waals surface area contributed by atoms with Crippen LogP contribution in [-0.2, 0) is 11.2 Å². The summed E-state index contributed by atoms with van der Waals surface area (Å²) in [4.78, 5) is 15.7. The summed E-state index contributed by atoms with van der Waals surface area (Å²) in [6, 6.07) is 1.77. The number of rotatable bonds is 5. The van der Waals surface area contributed by atoms with Gasteiger partial charge in [-0.15, -0.1) is 0 Å². The van der Waals surface area contributed by atoms with Gasteiger partial charge in [-0.25, -0.2) is 4.98 Å². The molecule has 106 valence electrons. The Labute approximate surface area is 118 Å². The number of ether oxygens (including phenoxy) is 1. The van der Waals surface area contributed by atoms with E-state index in [1.807, 2.05) is 20.8 Å². The van der Waals surface area contributed by atoms with Crippen LogP contribution in [0.4, 0.5) is 0 Å². The number of aromatic nitrogens is 1. The van der Waals surface area contributed by atoms with Crippen LogP contribution in [0.5, 0.6) is 5.75 Å². The Hall–Kier alpha value is -1.29. The summed E-state index contributed by atoms with van der Waals surface area (Å²) < 4.78 is 5.13. The molecule has 0 spiro atoms. The van der Waals surface area contributed by atoms with Gasteiger partial charge in [0.05, 0.1) is 12.5 Å². The van der Waals surface area contributed by atoms with E-state index >= 15 is 0 Å². The molecule has 0 fully saturated rings. The van der Waals surface area contributed by atoms with Crippen LogP contribution in [0.25, 0.3) is 0 Å². The van der Waals surface area contributed by atoms with Gasteiger partial charge >= 0.3 is 5.97 Å². The number of methoxy groups -OCH3 is 1. The number of hydrogen-bond acceptors (Lipinski definition) is 3. The molecule has 1 rings (SSSR count). The van der Waals surface area contributed by atoms with E-state index in [4.69, 9.17) is 16.3 Å². The lowest BCUT2D eigenvalue weighted by atomic mass is 9.74. The van der Waals surface area contributed by atoms with Gasteiger partial charge in [-0.1, -0.05) is 25.4 Å². The Morgan fingerprint density at radius 2 is 2.16 bits per heavy atom. The Bertz CT molecular complexity index is 488. The molecule has 0 aliphatic rings. The molecular weight excluding hydrogens is 266 g/mol. The van der Waals surface area contributed by atoms with Crippen molar-refractivity contribution in [2.45, 2.75) is 34.1 Å². The molecule has 4 nitrogen and oxygen atoms in total. The predicted octanol–water partition coefficient (Wildman–Crippen LogP) is 3.34. The van der Waals surface area contributed by atoms with Crippen LogP contribution in [0, 0.1) is 18.3 Å². The number of aryl methyl sites for hydroxylation is 1. The van der Waals surface area contributed by atoms with E-state index in [1.165, 1.54) is 7.11 Å². The number of pyridine rings is 1. The monoisotopic (exact) mass is 285 g/mol. The Morgan fingerprint density at radius 3 is 2.58 bits per heavy atom. The lowest BCUT2D eigenvalue weighted by molar-refractivity contribution is -0.150. The molecule has 0 aliphatic heterocycles. The third-order valence-corrected chi connectivity index (χ3v) is 4.05. The van der Waals surface area contributed by atoms with Gasteiger partial charge in [0.25, 0.3) is 0 Å². The number of hydrogen-bond donors (Lipinski definition) is 1. The van der Waals surface area contributed by atoms with Gasteiger partial charge in [0.15, 0.2) is 10.9 Å². The summed E-state index contributed by atoms with van der Waals surface area (Å²) in [7, 11) is 1.51. The Morgan fingerprint density at radius 1 is 1.58 bits per heavy atom. The van der Waals surface area contributed by atoms with E-state index in [0.29, 0.717) is 17.3 Å². The minimum Gasteiger partial charge on any atom is -0.494 e. The maximum Gasteiger partial charge on any atom is 0.309 e. The van der Waals surface area contributed by atoms with Crippen LogP contribution < -0.4 is 4.74 Å². The molecule has 0 aromatic carbocycles. The first-order valence-corrected chi connectivity index (χ1v) is 6.53. The maximum atomic E-state index is 11.5. The third-order valence-electron chi connectivity index (χ3n) is 3.78. The fraction of sp³-hybridized carbons (Fsp3) is 0.571. The molecule has 19 heavy (non-hydrogen) atoms. The smallest absolute Gasteiger partial charge is 0.309 e. The fourth-order valence-corrected chi connectivity index (χ4v) is 2.10. The number of carbonyl (C=O) groups is 1.